The maximum Gasteiger partial charge on any atom is 0.261 e. The van der Waals surface area contributed by atoms with Crippen molar-refractivity contribution < 1.29 is 9.53 Å². The predicted octanol–water partition coefficient (Wildman–Crippen LogP) is 5.83. The summed E-state index contributed by atoms with van der Waals surface area (Å²) in [6, 6.07) is 23.8. The van der Waals surface area contributed by atoms with E-state index in [0.717, 1.165) is 27.6 Å². The summed E-state index contributed by atoms with van der Waals surface area (Å²) in [6.07, 6.45) is 1.73. The van der Waals surface area contributed by atoms with Gasteiger partial charge in [-0.15, -0.1) is 11.3 Å². The number of fused-ring (bicyclic) bond motifs is 2. The SMILES string of the molecule is Cc1ccccc1CNC(=O)c1ccc(N2Cc3ccccc3Oc3ncccc32)s1. The van der Waals surface area contributed by atoms with Gasteiger partial charge in [0.15, 0.2) is 0 Å². The second-order valence-corrected chi connectivity index (χ2v) is 8.43. The Morgan fingerprint density at radius 3 is 2.81 bits per heavy atom. The fourth-order valence-corrected chi connectivity index (χ4v) is 4.56. The number of anilines is 2. The number of nitrogens with zero attached hydrogens (tertiary/aromatic N) is 2. The number of benzene rings is 2. The molecule has 154 valence electrons. The van der Waals surface area contributed by atoms with Crippen LogP contribution in [-0.2, 0) is 13.1 Å². The van der Waals surface area contributed by atoms with Crippen molar-refractivity contribution >= 4 is 27.9 Å². The highest BCUT2D eigenvalue weighted by atomic mass is 32.1. The van der Waals surface area contributed by atoms with Crippen molar-refractivity contribution in [2.45, 2.75) is 20.0 Å². The largest absolute Gasteiger partial charge is 0.437 e. The fraction of sp³-hybridized carbons (Fsp3) is 0.120. The smallest absolute Gasteiger partial charge is 0.261 e. The van der Waals surface area contributed by atoms with Gasteiger partial charge < -0.3 is 15.0 Å². The molecule has 0 saturated heterocycles. The first-order valence-electron chi connectivity index (χ1n) is 10.1. The highest BCUT2D eigenvalue weighted by molar-refractivity contribution is 7.18. The number of amides is 1. The number of thiophene rings is 1. The van der Waals surface area contributed by atoms with Crippen LogP contribution in [0.3, 0.4) is 0 Å². The molecule has 2 aromatic carbocycles. The molecule has 5 rings (SSSR count). The first-order chi connectivity index (χ1) is 15.2. The molecule has 31 heavy (non-hydrogen) atoms. The second kappa shape index (κ2) is 8.24. The van der Waals surface area contributed by atoms with E-state index in [1.807, 2.05) is 60.7 Å². The maximum atomic E-state index is 12.8. The van der Waals surface area contributed by atoms with Crippen molar-refractivity contribution in [2.24, 2.45) is 0 Å². The van der Waals surface area contributed by atoms with Gasteiger partial charge in [0, 0.05) is 18.3 Å². The van der Waals surface area contributed by atoms with E-state index in [0.29, 0.717) is 23.8 Å². The van der Waals surface area contributed by atoms with Crippen LogP contribution >= 0.6 is 11.3 Å². The number of hydrogen-bond acceptors (Lipinski definition) is 5. The van der Waals surface area contributed by atoms with E-state index in [2.05, 4.69) is 34.3 Å². The number of aryl methyl sites for hydroxylation is 1. The number of nitrogens with one attached hydrogen (secondary N) is 1. The molecule has 1 aliphatic rings. The molecule has 0 atom stereocenters. The Morgan fingerprint density at radius 1 is 1.06 bits per heavy atom. The zero-order valence-corrected chi connectivity index (χ0v) is 17.9. The molecule has 2 aromatic heterocycles. The monoisotopic (exact) mass is 427 g/mol. The van der Waals surface area contributed by atoms with Crippen LogP contribution in [0.5, 0.6) is 11.6 Å². The Bertz CT molecular complexity index is 1250. The quantitative estimate of drug-likeness (QED) is 0.445. The second-order valence-electron chi connectivity index (χ2n) is 7.37. The lowest BCUT2D eigenvalue weighted by molar-refractivity contribution is 0.0955. The van der Waals surface area contributed by atoms with Crippen LogP contribution in [0.25, 0.3) is 0 Å². The normalized spacial score (nSPS) is 12.4. The summed E-state index contributed by atoms with van der Waals surface area (Å²) in [7, 11) is 0. The van der Waals surface area contributed by atoms with Crippen molar-refractivity contribution in [3.8, 4) is 11.6 Å². The van der Waals surface area contributed by atoms with Crippen LogP contribution < -0.4 is 15.0 Å². The lowest BCUT2D eigenvalue weighted by Crippen LogP contribution is -2.22. The van der Waals surface area contributed by atoms with Gasteiger partial charge in [0.2, 0.25) is 5.88 Å². The fourth-order valence-electron chi connectivity index (χ4n) is 3.62. The molecule has 0 radical (unpaired) electrons. The Kier molecular flexibility index (Phi) is 5.14. The maximum absolute atomic E-state index is 12.8. The molecule has 0 unspecified atom stereocenters. The minimum absolute atomic E-state index is 0.0719. The predicted molar refractivity (Wildman–Crippen MR) is 123 cm³/mol. The van der Waals surface area contributed by atoms with Gasteiger partial charge in [-0.3, -0.25) is 4.79 Å². The molecule has 5 nitrogen and oxygen atoms in total. The third-order valence-corrected chi connectivity index (χ3v) is 6.44. The molecule has 1 aliphatic heterocycles. The molecule has 1 amide bonds. The van der Waals surface area contributed by atoms with Crippen LogP contribution in [0.1, 0.15) is 26.4 Å². The standard InChI is InChI=1S/C25H21N3O2S/c1-17-7-2-3-8-18(17)15-27-24(29)22-12-13-23(31-22)28-16-19-9-4-5-11-21(19)30-25-20(28)10-6-14-26-25/h2-14H,15-16H2,1H3,(H,27,29). The van der Waals surface area contributed by atoms with Gasteiger partial charge >= 0.3 is 0 Å². The van der Waals surface area contributed by atoms with E-state index in [-0.39, 0.29) is 5.91 Å². The van der Waals surface area contributed by atoms with Crippen LogP contribution in [-0.4, -0.2) is 10.9 Å². The van der Waals surface area contributed by atoms with Gasteiger partial charge in [-0.1, -0.05) is 42.5 Å². The Hall–Kier alpha value is -3.64. The van der Waals surface area contributed by atoms with Crippen molar-refractivity contribution in [1.82, 2.24) is 10.3 Å². The minimum Gasteiger partial charge on any atom is -0.437 e. The lowest BCUT2D eigenvalue weighted by Gasteiger charge is -2.21. The number of carbonyl (C=O) groups is 1. The minimum atomic E-state index is -0.0719. The highest BCUT2D eigenvalue weighted by Crippen LogP contribution is 2.42. The summed E-state index contributed by atoms with van der Waals surface area (Å²) in [5.74, 6) is 1.29. The van der Waals surface area contributed by atoms with Crippen LogP contribution in [0, 0.1) is 6.92 Å². The third-order valence-electron chi connectivity index (χ3n) is 5.33. The Balaban J connectivity index is 1.41. The lowest BCUT2D eigenvalue weighted by atomic mass is 10.1. The van der Waals surface area contributed by atoms with Crippen molar-refractivity contribution in [1.29, 1.82) is 0 Å². The third kappa shape index (κ3) is 3.90. The number of aromatic nitrogens is 1. The van der Waals surface area contributed by atoms with Crippen molar-refractivity contribution in [3.05, 3.63) is 101 Å². The van der Waals surface area contributed by atoms with E-state index < -0.39 is 0 Å². The molecule has 0 aliphatic carbocycles. The Labute approximate surface area is 185 Å². The molecular weight excluding hydrogens is 406 g/mol. The number of ether oxygens (including phenoxy) is 1. The average molecular weight is 428 g/mol. The van der Waals surface area contributed by atoms with E-state index in [9.17, 15) is 4.79 Å². The van der Waals surface area contributed by atoms with Gasteiger partial charge in [0.25, 0.3) is 5.91 Å². The van der Waals surface area contributed by atoms with Gasteiger partial charge in [-0.05, 0) is 48.4 Å². The molecule has 6 heteroatoms. The van der Waals surface area contributed by atoms with Crippen molar-refractivity contribution in [3.63, 3.8) is 0 Å². The van der Waals surface area contributed by atoms with E-state index in [1.165, 1.54) is 16.9 Å². The van der Waals surface area contributed by atoms with Crippen LogP contribution in [0.4, 0.5) is 10.7 Å². The molecule has 0 spiro atoms. The number of carbonyl (C=O) groups excluding carboxylic acids is 1. The van der Waals surface area contributed by atoms with Crippen LogP contribution in [0.2, 0.25) is 0 Å². The number of rotatable bonds is 4. The van der Waals surface area contributed by atoms with Gasteiger partial charge in [0.05, 0.1) is 16.4 Å². The number of para-hydroxylation sites is 1. The highest BCUT2D eigenvalue weighted by Gasteiger charge is 2.24. The van der Waals surface area contributed by atoms with Gasteiger partial charge in [-0.2, -0.15) is 0 Å². The zero-order valence-electron chi connectivity index (χ0n) is 17.0. The topological polar surface area (TPSA) is 54.5 Å². The Morgan fingerprint density at radius 2 is 1.90 bits per heavy atom. The summed E-state index contributed by atoms with van der Waals surface area (Å²) in [6.45, 7) is 3.20. The molecule has 0 fully saturated rings. The first kappa shape index (κ1) is 19.3. The molecule has 3 heterocycles. The summed E-state index contributed by atoms with van der Waals surface area (Å²) < 4.78 is 6.08. The molecule has 0 bridgehead atoms. The summed E-state index contributed by atoms with van der Waals surface area (Å²) in [5, 5.41) is 4.00. The van der Waals surface area contributed by atoms with E-state index in [1.54, 1.807) is 6.20 Å². The summed E-state index contributed by atoms with van der Waals surface area (Å²) in [5.41, 5.74) is 4.24. The van der Waals surface area contributed by atoms with Gasteiger partial charge in [-0.25, -0.2) is 4.98 Å². The molecular formula is C25H21N3O2S. The molecule has 1 N–H and O–H groups in total. The average Bonchev–Trinajstić information content (AvgIpc) is 3.22. The molecule has 4 aromatic rings. The van der Waals surface area contributed by atoms with Crippen molar-refractivity contribution in [2.75, 3.05) is 4.90 Å². The molecule has 0 saturated carbocycles. The summed E-state index contributed by atoms with van der Waals surface area (Å²) >= 11 is 1.46. The number of hydrogen-bond donors (Lipinski definition) is 1. The first-order valence-corrected chi connectivity index (χ1v) is 10.9. The van der Waals surface area contributed by atoms with E-state index >= 15 is 0 Å². The summed E-state index contributed by atoms with van der Waals surface area (Å²) in [4.78, 5) is 20.0. The van der Waals surface area contributed by atoms with Crippen LogP contribution in [0.15, 0.2) is 79.0 Å². The zero-order chi connectivity index (χ0) is 21.2. The van der Waals surface area contributed by atoms with E-state index in [4.69, 9.17) is 4.74 Å². The van der Waals surface area contributed by atoms with Gasteiger partial charge in [0.1, 0.15) is 11.4 Å². The number of pyridine rings is 1.